The van der Waals surface area contributed by atoms with E-state index in [1.807, 2.05) is 0 Å². The highest BCUT2D eigenvalue weighted by molar-refractivity contribution is 5.58. The first-order valence-corrected chi connectivity index (χ1v) is 7.01. The van der Waals surface area contributed by atoms with Gasteiger partial charge in [-0.25, -0.2) is 8.78 Å². The molecule has 0 radical (unpaired) electrons. The zero-order chi connectivity index (χ0) is 14.6. The van der Waals surface area contributed by atoms with E-state index in [0.717, 1.165) is 45.1 Å². The Hall–Kier alpha value is -1.36. The van der Waals surface area contributed by atoms with Crippen LogP contribution < -0.4 is 15.4 Å². The molecular weight excluding hydrogens is 262 g/mol. The molecule has 2 N–H and O–H groups in total. The number of hydrogen-bond donors (Lipinski definition) is 2. The summed E-state index contributed by atoms with van der Waals surface area (Å²) in [4.78, 5) is 0. The van der Waals surface area contributed by atoms with Crippen molar-refractivity contribution in [3.05, 3.63) is 23.8 Å². The summed E-state index contributed by atoms with van der Waals surface area (Å²) in [7, 11) is 1.50. The van der Waals surface area contributed by atoms with Gasteiger partial charge >= 0.3 is 0 Å². The van der Waals surface area contributed by atoms with Gasteiger partial charge < -0.3 is 15.4 Å². The first-order valence-electron chi connectivity index (χ1n) is 7.01. The molecule has 0 bridgehead atoms. The van der Waals surface area contributed by atoms with E-state index in [0.29, 0.717) is 11.7 Å². The maximum Gasteiger partial charge on any atom is 0.270 e. The topological polar surface area (TPSA) is 33.3 Å². The standard InChI is InChI=1S/C15H22F2N2O/c1-15(16,17)12-3-4-13(14(9-12)20-2)19-10-11-5-7-18-8-6-11/h3-4,9,11,18-19H,5-8,10H2,1-2H3. The van der Waals surface area contributed by atoms with E-state index < -0.39 is 5.92 Å². The van der Waals surface area contributed by atoms with Crippen molar-refractivity contribution in [2.45, 2.75) is 25.7 Å². The summed E-state index contributed by atoms with van der Waals surface area (Å²) in [6.45, 7) is 3.83. The van der Waals surface area contributed by atoms with Crippen LogP contribution in [0, 0.1) is 5.92 Å². The van der Waals surface area contributed by atoms with E-state index in [9.17, 15) is 8.78 Å². The maximum atomic E-state index is 13.3. The highest BCUT2D eigenvalue weighted by Gasteiger charge is 2.25. The third-order valence-corrected chi connectivity index (χ3v) is 3.75. The zero-order valence-electron chi connectivity index (χ0n) is 12.0. The van der Waals surface area contributed by atoms with Crippen LogP contribution in [-0.4, -0.2) is 26.7 Å². The number of rotatable bonds is 5. The molecule has 1 heterocycles. The van der Waals surface area contributed by atoms with E-state index in [1.165, 1.54) is 19.2 Å². The molecule has 5 heteroatoms. The summed E-state index contributed by atoms with van der Waals surface area (Å²) in [6.07, 6.45) is 2.28. The van der Waals surface area contributed by atoms with Gasteiger partial charge in [0, 0.05) is 19.0 Å². The number of anilines is 1. The second-order valence-corrected chi connectivity index (χ2v) is 5.38. The molecule has 1 saturated heterocycles. The van der Waals surface area contributed by atoms with Gasteiger partial charge in [-0.3, -0.25) is 0 Å². The molecule has 0 atom stereocenters. The molecule has 0 unspecified atom stereocenters. The van der Waals surface area contributed by atoms with Crippen molar-refractivity contribution in [2.75, 3.05) is 32.1 Å². The number of hydrogen-bond acceptors (Lipinski definition) is 3. The monoisotopic (exact) mass is 284 g/mol. The quantitative estimate of drug-likeness (QED) is 0.871. The molecule has 2 rings (SSSR count). The maximum absolute atomic E-state index is 13.3. The van der Waals surface area contributed by atoms with Gasteiger partial charge in [0.1, 0.15) is 5.75 Å². The fourth-order valence-corrected chi connectivity index (χ4v) is 2.45. The Morgan fingerprint density at radius 2 is 2.05 bits per heavy atom. The summed E-state index contributed by atoms with van der Waals surface area (Å²) in [5.74, 6) is -1.76. The molecule has 1 fully saturated rings. The minimum Gasteiger partial charge on any atom is -0.495 e. The molecule has 3 nitrogen and oxygen atoms in total. The van der Waals surface area contributed by atoms with Crippen LogP contribution in [0.3, 0.4) is 0 Å². The summed E-state index contributed by atoms with van der Waals surface area (Å²) in [5.41, 5.74) is 0.751. The van der Waals surface area contributed by atoms with Crippen LogP contribution in [0.4, 0.5) is 14.5 Å². The average Bonchev–Trinajstić information content (AvgIpc) is 2.45. The average molecular weight is 284 g/mol. The Balaban J connectivity index is 2.03. The van der Waals surface area contributed by atoms with Crippen LogP contribution in [0.15, 0.2) is 18.2 Å². The van der Waals surface area contributed by atoms with Gasteiger partial charge in [-0.05, 0) is 44.0 Å². The van der Waals surface area contributed by atoms with E-state index in [-0.39, 0.29) is 5.56 Å². The Bertz CT molecular complexity index is 440. The second-order valence-electron chi connectivity index (χ2n) is 5.38. The smallest absolute Gasteiger partial charge is 0.270 e. The second kappa shape index (κ2) is 6.39. The van der Waals surface area contributed by atoms with Crippen molar-refractivity contribution in [1.82, 2.24) is 5.32 Å². The first-order chi connectivity index (χ1) is 9.50. The summed E-state index contributed by atoms with van der Waals surface area (Å²) >= 11 is 0. The number of nitrogens with one attached hydrogen (secondary N) is 2. The van der Waals surface area contributed by atoms with Crippen molar-refractivity contribution in [3.8, 4) is 5.75 Å². The van der Waals surface area contributed by atoms with Crippen LogP contribution in [0.1, 0.15) is 25.3 Å². The van der Waals surface area contributed by atoms with E-state index in [2.05, 4.69) is 10.6 Å². The van der Waals surface area contributed by atoms with Crippen LogP contribution in [0.25, 0.3) is 0 Å². The van der Waals surface area contributed by atoms with Gasteiger partial charge in [-0.1, -0.05) is 6.07 Å². The van der Waals surface area contributed by atoms with Crippen LogP contribution in [0.5, 0.6) is 5.75 Å². The van der Waals surface area contributed by atoms with Crippen molar-refractivity contribution in [1.29, 1.82) is 0 Å². The molecule has 1 aliphatic rings. The number of methoxy groups -OCH3 is 1. The molecule has 0 amide bonds. The lowest BCUT2D eigenvalue weighted by atomic mass is 9.98. The van der Waals surface area contributed by atoms with E-state index in [1.54, 1.807) is 6.07 Å². The van der Waals surface area contributed by atoms with Crippen LogP contribution >= 0.6 is 0 Å². The van der Waals surface area contributed by atoms with E-state index >= 15 is 0 Å². The van der Waals surface area contributed by atoms with Gasteiger partial charge in [0.15, 0.2) is 0 Å². The van der Waals surface area contributed by atoms with E-state index in [4.69, 9.17) is 4.74 Å². The van der Waals surface area contributed by atoms with Crippen LogP contribution in [-0.2, 0) is 5.92 Å². The third-order valence-electron chi connectivity index (χ3n) is 3.75. The number of ether oxygens (including phenoxy) is 1. The number of halogens is 2. The van der Waals surface area contributed by atoms with Gasteiger partial charge in [-0.15, -0.1) is 0 Å². The molecule has 20 heavy (non-hydrogen) atoms. The third kappa shape index (κ3) is 3.82. The number of piperidine rings is 1. The Morgan fingerprint density at radius 1 is 1.35 bits per heavy atom. The van der Waals surface area contributed by atoms with Gasteiger partial charge in [0.25, 0.3) is 5.92 Å². The predicted octanol–water partition coefficient (Wildman–Crippen LogP) is 3.22. The van der Waals surface area contributed by atoms with Crippen molar-refractivity contribution in [2.24, 2.45) is 5.92 Å². The van der Waals surface area contributed by atoms with Crippen molar-refractivity contribution in [3.63, 3.8) is 0 Å². The molecule has 1 aromatic carbocycles. The largest absolute Gasteiger partial charge is 0.495 e. The molecule has 0 aliphatic carbocycles. The van der Waals surface area contributed by atoms with Crippen molar-refractivity contribution < 1.29 is 13.5 Å². The molecule has 0 saturated carbocycles. The zero-order valence-corrected chi connectivity index (χ0v) is 12.0. The lowest BCUT2D eigenvalue weighted by Gasteiger charge is -2.24. The Morgan fingerprint density at radius 3 is 2.65 bits per heavy atom. The van der Waals surface area contributed by atoms with Crippen molar-refractivity contribution >= 4 is 5.69 Å². The molecule has 112 valence electrons. The lowest BCUT2D eigenvalue weighted by Crippen LogP contribution is -2.31. The normalized spacial score (nSPS) is 17.0. The minimum atomic E-state index is -2.85. The van der Waals surface area contributed by atoms with Gasteiger partial charge in [0.2, 0.25) is 0 Å². The Labute approximate surface area is 118 Å². The molecule has 0 aromatic heterocycles. The molecular formula is C15H22F2N2O. The fourth-order valence-electron chi connectivity index (χ4n) is 2.45. The lowest BCUT2D eigenvalue weighted by molar-refractivity contribution is 0.0173. The van der Waals surface area contributed by atoms with Gasteiger partial charge in [-0.2, -0.15) is 0 Å². The molecule has 0 spiro atoms. The van der Waals surface area contributed by atoms with Crippen LogP contribution in [0.2, 0.25) is 0 Å². The fraction of sp³-hybridized carbons (Fsp3) is 0.600. The Kier molecular flexibility index (Phi) is 4.81. The molecule has 1 aliphatic heterocycles. The molecule has 1 aromatic rings. The SMILES string of the molecule is COc1cc(C(C)(F)F)ccc1NCC1CCNCC1. The highest BCUT2D eigenvalue weighted by Crippen LogP contribution is 2.33. The minimum absolute atomic E-state index is 0.0261. The number of benzene rings is 1. The highest BCUT2D eigenvalue weighted by atomic mass is 19.3. The number of alkyl halides is 2. The summed E-state index contributed by atoms with van der Waals surface area (Å²) in [5, 5.41) is 6.64. The first kappa shape index (κ1) is 15.0. The predicted molar refractivity (Wildman–Crippen MR) is 76.6 cm³/mol. The summed E-state index contributed by atoms with van der Waals surface area (Å²) < 4.78 is 31.8. The summed E-state index contributed by atoms with van der Waals surface area (Å²) in [6, 6.07) is 4.53. The van der Waals surface area contributed by atoms with Gasteiger partial charge in [0.05, 0.1) is 12.8 Å².